The van der Waals surface area contributed by atoms with Crippen LogP contribution in [-0.4, -0.2) is 40.4 Å². The number of aliphatic imine (C=N–C) groups is 1. The molecule has 1 fully saturated rings. The third kappa shape index (κ3) is 4.09. The zero-order valence-electron chi connectivity index (χ0n) is 16.2. The second kappa shape index (κ2) is 8.56. The SMILES string of the molecule is CN=C(Nc1cc(OC)c(OC)c(OC)c1)NC1CC1c1c(F)cccc1Cl. The monoisotopic (exact) mass is 407 g/mol. The van der Waals surface area contributed by atoms with Gasteiger partial charge in [0, 0.05) is 47.4 Å². The molecule has 0 heterocycles. The van der Waals surface area contributed by atoms with Crippen molar-refractivity contribution >= 4 is 23.2 Å². The third-order valence-corrected chi connectivity index (χ3v) is 4.96. The fourth-order valence-corrected chi connectivity index (χ4v) is 3.46. The number of rotatable bonds is 6. The Morgan fingerprint density at radius 3 is 2.36 bits per heavy atom. The highest BCUT2D eigenvalue weighted by Crippen LogP contribution is 2.45. The molecule has 0 aromatic heterocycles. The fourth-order valence-electron chi connectivity index (χ4n) is 3.16. The summed E-state index contributed by atoms with van der Waals surface area (Å²) in [6, 6.07) is 8.36. The van der Waals surface area contributed by atoms with Gasteiger partial charge in [0.05, 0.1) is 21.3 Å². The van der Waals surface area contributed by atoms with Crippen LogP contribution < -0.4 is 24.8 Å². The lowest BCUT2D eigenvalue weighted by Gasteiger charge is -2.16. The van der Waals surface area contributed by atoms with Gasteiger partial charge in [-0.15, -0.1) is 0 Å². The van der Waals surface area contributed by atoms with Gasteiger partial charge in [0.25, 0.3) is 0 Å². The number of anilines is 1. The average molecular weight is 408 g/mol. The maximum atomic E-state index is 14.1. The summed E-state index contributed by atoms with van der Waals surface area (Å²) in [6.45, 7) is 0. The van der Waals surface area contributed by atoms with Gasteiger partial charge in [0.2, 0.25) is 5.75 Å². The second-order valence-electron chi connectivity index (χ2n) is 6.34. The molecule has 3 rings (SSSR count). The first-order chi connectivity index (χ1) is 13.5. The van der Waals surface area contributed by atoms with E-state index in [0.29, 0.717) is 39.5 Å². The van der Waals surface area contributed by atoms with Crippen molar-refractivity contribution in [1.29, 1.82) is 0 Å². The van der Waals surface area contributed by atoms with Gasteiger partial charge >= 0.3 is 0 Å². The van der Waals surface area contributed by atoms with Crippen LogP contribution in [0.5, 0.6) is 17.2 Å². The van der Waals surface area contributed by atoms with E-state index in [1.165, 1.54) is 6.07 Å². The van der Waals surface area contributed by atoms with E-state index >= 15 is 0 Å². The van der Waals surface area contributed by atoms with Gasteiger partial charge in [0.1, 0.15) is 5.82 Å². The Morgan fingerprint density at radius 1 is 1.14 bits per heavy atom. The predicted octanol–water partition coefficient (Wildman–Crippen LogP) is 4.05. The minimum Gasteiger partial charge on any atom is -0.493 e. The lowest BCUT2D eigenvalue weighted by atomic mass is 10.1. The van der Waals surface area contributed by atoms with Crippen LogP contribution >= 0.6 is 11.6 Å². The summed E-state index contributed by atoms with van der Waals surface area (Å²) in [5, 5.41) is 6.94. The van der Waals surface area contributed by atoms with Gasteiger partial charge in [-0.05, 0) is 18.6 Å². The van der Waals surface area contributed by atoms with Crippen LogP contribution in [0.2, 0.25) is 5.02 Å². The molecule has 0 bridgehead atoms. The quantitative estimate of drug-likeness (QED) is 0.558. The van der Waals surface area contributed by atoms with Crippen molar-refractivity contribution in [2.24, 2.45) is 4.99 Å². The molecule has 1 aliphatic carbocycles. The van der Waals surface area contributed by atoms with E-state index in [4.69, 9.17) is 25.8 Å². The van der Waals surface area contributed by atoms with Gasteiger partial charge < -0.3 is 24.8 Å². The molecule has 2 N–H and O–H groups in total. The maximum absolute atomic E-state index is 14.1. The number of hydrogen-bond acceptors (Lipinski definition) is 4. The summed E-state index contributed by atoms with van der Waals surface area (Å²) in [7, 11) is 6.33. The number of ether oxygens (including phenoxy) is 3. The lowest BCUT2D eigenvalue weighted by molar-refractivity contribution is 0.324. The summed E-state index contributed by atoms with van der Waals surface area (Å²) >= 11 is 6.17. The van der Waals surface area contributed by atoms with E-state index in [9.17, 15) is 4.39 Å². The molecule has 0 spiro atoms. The van der Waals surface area contributed by atoms with Crippen molar-refractivity contribution in [1.82, 2.24) is 5.32 Å². The van der Waals surface area contributed by atoms with Crippen LogP contribution in [0.3, 0.4) is 0 Å². The van der Waals surface area contributed by atoms with Crippen molar-refractivity contribution < 1.29 is 18.6 Å². The molecule has 1 aliphatic rings. The Balaban J connectivity index is 1.73. The summed E-state index contributed by atoms with van der Waals surface area (Å²) in [5.74, 6) is 1.84. The third-order valence-electron chi connectivity index (χ3n) is 4.63. The highest BCUT2D eigenvalue weighted by molar-refractivity contribution is 6.31. The Morgan fingerprint density at radius 2 is 1.82 bits per heavy atom. The molecule has 2 aromatic carbocycles. The number of guanidine groups is 1. The molecule has 0 radical (unpaired) electrons. The van der Waals surface area contributed by atoms with E-state index in [1.54, 1.807) is 52.6 Å². The first-order valence-electron chi connectivity index (χ1n) is 8.76. The molecule has 2 atom stereocenters. The number of nitrogens with one attached hydrogen (secondary N) is 2. The molecular weight excluding hydrogens is 385 g/mol. The van der Waals surface area contributed by atoms with Gasteiger partial charge in [-0.1, -0.05) is 17.7 Å². The molecule has 2 aromatic rings. The zero-order chi connectivity index (χ0) is 20.3. The summed E-state index contributed by atoms with van der Waals surface area (Å²) in [6.07, 6.45) is 0.774. The lowest BCUT2D eigenvalue weighted by Crippen LogP contribution is -2.33. The first-order valence-corrected chi connectivity index (χ1v) is 9.14. The van der Waals surface area contributed by atoms with E-state index in [2.05, 4.69) is 15.6 Å². The Kier molecular flexibility index (Phi) is 6.14. The van der Waals surface area contributed by atoms with Crippen molar-refractivity contribution in [2.75, 3.05) is 33.7 Å². The van der Waals surface area contributed by atoms with Crippen LogP contribution in [0.4, 0.5) is 10.1 Å². The number of benzene rings is 2. The number of nitrogens with zero attached hydrogens (tertiary/aromatic N) is 1. The summed E-state index contributed by atoms with van der Waals surface area (Å²) in [5.41, 5.74) is 1.26. The van der Waals surface area contributed by atoms with Crippen molar-refractivity contribution in [3.63, 3.8) is 0 Å². The van der Waals surface area contributed by atoms with Gasteiger partial charge in [-0.3, -0.25) is 4.99 Å². The maximum Gasteiger partial charge on any atom is 0.203 e. The van der Waals surface area contributed by atoms with E-state index in [0.717, 1.165) is 6.42 Å². The summed E-state index contributed by atoms with van der Waals surface area (Å²) in [4.78, 5) is 4.24. The largest absolute Gasteiger partial charge is 0.493 e. The molecule has 1 saturated carbocycles. The molecule has 150 valence electrons. The Labute approximate surface area is 168 Å². The molecular formula is C20H23ClFN3O3. The summed E-state index contributed by atoms with van der Waals surface area (Å²) < 4.78 is 30.2. The molecule has 6 nitrogen and oxygen atoms in total. The smallest absolute Gasteiger partial charge is 0.203 e. The molecule has 8 heteroatoms. The highest BCUT2D eigenvalue weighted by Gasteiger charge is 2.42. The van der Waals surface area contributed by atoms with E-state index < -0.39 is 0 Å². The van der Waals surface area contributed by atoms with E-state index in [1.807, 2.05) is 0 Å². The normalized spacial score (nSPS) is 18.4. The zero-order valence-corrected chi connectivity index (χ0v) is 16.9. The average Bonchev–Trinajstić information content (AvgIpc) is 3.44. The molecule has 0 amide bonds. The van der Waals surface area contributed by atoms with Crippen LogP contribution in [0.15, 0.2) is 35.3 Å². The number of hydrogen-bond donors (Lipinski definition) is 2. The molecule has 0 saturated heterocycles. The predicted molar refractivity (Wildman–Crippen MR) is 109 cm³/mol. The topological polar surface area (TPSA) is 64.1 Å². The Bertz CT molecular complexity index is 846. The fraction of sp³-hybridized carbons (Fsp3) is 0.350. The van der Waals surface area contributed by atoms with Gasteiger partial charge in [0.15, 0.2) is 17.5 Å². The van der Waals surface area contributed by atoms with Crippen LogP contribution in [0.25, 0.3) is 0 Å². The first kappa shape index (κ1) is 20.1. The number of halogens is 2. The van der Waals surface area contributed by atoms with Gasteiger partial charge in [-0.2, -0.15) is 0 Å². The minimum absolute atomic E-state index is 0.00666. The molecule has 28 heavy (non-hydrogen) atoms. The van der Waals surface area contributed by atoms with Crippen molar-refractivity contribution in [3.05, 3.63) is 46.7 Å². The standard InChI is InChI=1S/C20H23ClFN3O3/c1-23-20(24-11-8-16(26-2)19(28-4)17(9-11)27-3)25-15-10-12(15)18-13(21)6-5-7-14(18)22/h5-9,12,15H,10H2,1-4H3,(H2,23,24,25). The van der Waals surface area contributed by atoms with Crippen LogP contribution in [0, 0.1) is 5.82 Å². The van der Waals surface area contributed by atoms with Crippen molar-refractivity contribution in [3.8, 4) is 17.2 Å². The Hall–Kier alpha value is -2.67. The second-order valence-corrected chi connectivity index (χ2v) is 6.75. The minimum atomic E-state index is -0.283. The van der Waals surface area contributed by atoms with Crippen LogP contribution in [-0.2, 0) is 0 Å². The highest BCUT2D eigenvalue weighted by atomic mass is 35.5. The van der Waals surface area contributed by atoms with Crippen molar-refractivity contribution in [2.45, 2.75) is 18.4 Å². The number of methoxy groups -OCH3 is 3. The van der Waals surface area contributed by atoms with Gasteiger partial charge in [-0.25, -0.2) is 4.39 Å². The van der Waals surface area contributed by atoms with Crippen LogP contribution in [0.1, 0.15) is 17.9 Å². The molecule has 0 aliphatic heterocycles. The van der Waals surface area contributed by atoms with E-state index in [-0.39, 0.29) is 17.8 Å². The molecule has 2 unspecified atom stereocenters.